The molecule has 6 nitrogen and oxygen atoms in total. The summed E-state index contributed by atoms with van der Waals surface area (Å²) < 4.78 is 0. The summed E-state index contributed by atoms with van der Waals surface area (Å²) in [4.78, 5) is 26.2. The van der Waals surface area contributed by atoms with Crippen LogP contribution in [-0.2, 0) is 0 Å². The van der Waals surface area contributed by atoms with Crippen molar-refractivity contribution in [3.8, 4) is 0 Å². The van der Waals surface area contributed by atoms with Gasteiger partial charge < -0.3 is 16.2 Å². The number of amides is 1. The lowest BCUT2D eigenvalue weighted by Crippen LogP contribution is -2.12. The number of benzene rings is 1. The van der Waals surface area contributed by atoms with Gasteiger partial charge in [-0.15, -0.1) is 0 Å². The van der Waals surface area contributed by atoms with Crippen molar-refractivity contribution < 1.29 is 14.7 Å². The minimum absolute atomic E-state index is 0.200. The van der Waals surface area contributed by atoms with E-state index < -0.39 is 11.9 Å². The molecular weight excluding hydrogens is 258 g/mol. The van der Waals surface area contributed by atoms with Crippen molar-refractivity contribution in [3.63, 3.8) is 0 Å². The molecule has 0 aliphatic heterocycles. The van der Waals surface area contributed by atoms with Crippen LogP contribution in [0, 0.1) is 6.92 Å². The molecule has 1 aromatic heterocycles. The highest BCUT2D eigenvalue weighted by Gasteiger charge is 2.06. The van der Waals surface area contributed by atoms with Crippen molar-refractivity contribution in [1.82, 2.24) is 4.98 Å². The van der Waals surface area contributed by atoms with Crippen LogP contribution >= 0.6 is 0 Å². The molecule has 0 spiro atoms. The highest BCUT2D eigenvalue weighted by Crippen LogP contribution is 2.17. The third kappa shape index (κ3) is 3.11. The maximum atomic E-state index is 11.2. The number of primary amides is 1. The maximum absolute atomic E-state index is 11.2. The van der Waals surface area contributed by atoms with Crippen molar-refractivity contribution in [2.24, 2.45) is 5.73 Å². The van der Waals surface area contributed by atoms with Crippen LogP contribution in [0.2, 0.25) is 0 Å². The lowest BCUT2D eigenvalue weighted by molar-refractivity contribution is 0.0696. The predicted octanol–water partition coefficient (Wildman–Crippen LogP) is 1.93. The molecule has 2 aromatic rings. The minimum Gasteiger partial charge on any atom is -0.478 e. The molecule has 0 radical (unpaired) electrons. The number of aromatic nitrogens is 1. The van der Waals surface area contributed by atoms with Crippen LogP contribution in [0.5, 0.6) is 0 Å². The normalized spacial score (nSPS) is 10.1. The standard InChI is InChI=1S/C14H13N3O3/c1-8-6-10(13(15)18)7-12(16-8)17-11-4-2-9(3-5-11)14(19)20/h2-7H,1H3,(H2,15,18)(H,16,17)(H,19,20). The Balaban J connectivity index is 2.25. The van der Waals surface area contributed by atoms with Gasteiger partial charge in [-0.05, 0) is 43.3 Å². The number of aryl methyl sites for hydroxylation is 1. The second-order valence-corrected chi connectivity index (χ2v) is 4.25. The Hall–Kier alpha value is -2.89. The van der Waals surface area contributed by atoms with Crippen molar-refractivity contribution >= 4 is 23.4 Å². The fourth-order valence-corrected chi connectivity index (χ4v) is 1.72. The number of carbonyl (C=O) groups excluding carboxylic acids is 1. The summed E-state index contributed by atoms with van der Waals surface area (Å²) in [6.07, 6.45) is 0. The Morgan fingerprint density at radius 2 is 1.80 bits per heavy atom. The number of carbonyl (C=O) groups is 2. The Morgan fingerprint density at radius 1 is 1.15 bits per heavy atom. The summed E-state index contributed by atoms with van der Waals surface area (Å²) in [7, 11) is 0. The van der Waals surface area contributed by atoms with Crippen LogP contribution in [0.3, 0.4) is 0 Å². The molecule has 1 heterocycles. The summed E-state index contributed by atoms with van der Waals surface area (Å²) in [6.45, 7) is 1.76. The number of pyridine rings is 1. The fourth-order valence-electron chi connectivity index (χ4n) is 1.72. The quantitative estimate of drug-likeness (QED) is 0.788. The van der Waals surface area contributed by atoms with Gasteiger partial charge in [0.15, 0.2) is 0 Å². The fraction of sp³-hybridized carbons (Fsp3) is 0.0714. The summed E-state index contributed by atoms with van der Waals surface area (Å²) in [5.41, 5.74) is 7.13. The Labute approximate surface area is 115 Å². The van der Waals surface area contributed by atoms with Crippen LogP contribution in [0.4, 0.5) is 11.5 Å². The number of hydrogen-bond donors (Lipinski definition) is 3. The first-order valence-corrected chi connectivity index (χ1v) is 5.84. The van der Waals surface area contributed by atoms with E-state index in [9.17, 15) is 9.59 Å². The topological polar surface area (TPSA) is 105 Å². The zero-order chi connectivity index (χ0) is 14.7. The Bertz CT molecular complexity index is 666. The summed E-state index contributed by atoms with van der Waals surface area (Å²) in [6, 6.07) is 9.35. The second kappa shape index (κ2) is 5.40. The molecule has 0 aliphatic rings. The third-order valence-electron chi connectivity index (χ3n) is 2.64. The number of nitrogens with zero attached hydrogens (tertiary/aromatic N) is 1. The minimum atomic E-state index is -0.985. The van der Waals surface area contributed by atoms with Crippen LogP contribution in [0.15, 0.2) is 36.4 Å². The molecule has 4 N–H and O–H groups in total. The van der Waals surface area contributed by atoms with Crippen LogP contribution in [0.1, 0.15) is 26.4 Å². The number of anilines is 2. The van der Waals surface area contributed by atoms with Crippen molar-refractivity contribution in [3.05, 3.63) is 53.2 Å². The van der Waals surface area contributed by atoms with Crippen molar-refractivity contribution in [2.75, 3.05) is 5.32 Å². The molecule has 0 saturated carbocycles. The molecule has 1 amide bonds. The van der Waals surface area contributed by atoms with Crippen molar-refractivity contribution in [2.45, 2.75) is 6.92 Å². The number of nitrogens with two attached hydrogens (primary N) is 1. The van der Waals surface area contributed by atoms with Gasteiger partial charge in [-0.3, -0.25) is 4.79 Å². The molecule has 0 atom stereocenters. The SMILES string of the molecule is Cc1cc(C(N)=O)cc(Nc2ccc(C(=O)O)cc2)n1. The molecule has 0 aliphatic carbocycles. The molecular formula is C14H13N3O3. The van der Waals surface area contributed by atoms with E-state index in [0.717, 1.165) is 0 Å². The van der Waals surface area contributed by atoms with Crippen molar-refractivity contribution in [1.29, 1.82) is 0 Å². The van der Waals surface area contributed by atoms with Gasteiger partial charge in [0, 0.05) is 16.9 Å². The van der Waals surface area contributed by atoms with E-state index in [-0.39, 0.29) is 5.56 Å². The third-order valence-corrected chi connectivity index (χ3v) is 2.64. The average Bonchev–Trinajstić information content (AvgIpc) is 2.38. The zero-order valence-electron chi connectivity index (χ0n) is 10.8. The second-order valence-electron chi connectivity index (χ2n) is 4.25. The number of nitrogens with one attached hydrogen (secondary N) is 1. The van der Waals surface area contributed by atoms with E-state index in [1.807, 2.05) is 0 Å². The van der Waals surface area contributed by atoms with Gasteiger partial charge in [-0.1, -0.05) is 0 Å². The Kier molecular flexibility index (Phi) is 3.65. The summed E-state index contributed by atoms with van der Waals surface area (Å²) in [5, 5.41) is 11.8. The highest BCUT2D eigenvalue weighted by atomic mass is 16.4. The maximum Gasteiger partial charge on any atom is 0.335 e. The number of aromatic carboxylic acids is 1. The van der Waals surface area contributed by atoms with Gasteiger partial charge in [-0.25, -0.2) is 9.78 Å². The first kappa shape index (κ1) is 13.5. The molecule has 2 rings (SSSR count). The van der Waals surface area contributed by atoms with Gasteiger partial charge >= 0.3 is 5.97 Å². The number of carboxylic acid groups (broad SMARTS) is 1. The lowest BCUT2D eigenvalue weighted by atomic mass is 10.2. The van der Waals surface area contributed by atoms with E-state index in [1.54, 1.807) is 31.2 Å². The van der Waals surface area contributed by atoms with E-state index in [1.165, 1.54) is 12.1 Å². The van der Waals surface area contributed by atoms with Crippen LogP contribution < -0.4 is 11.1 Å². The van der Waals surface area contributed by atoms with E-state index in [0.29, 0.717) is 22.8 Å². The smallest absolute Gasteiger partial charge is 0.335 e. The number of rotatable bonds is 4. The molecule has 0 fully saturated rings. The molecule has 20 heavy (non-hydrogen) atoms. The molecule has 102 valence electrons. The molecule has 0 saturated heterocycles. The van der Waals surface area contributed by atoms with Crippen LogP contribution in [-0.4, -0.2) is 22.0 Å². The number of hydrogen-bond acceptors (Lipinski definition) is 4. The summed E-state index contributed by atoms with van der Waals surface area (Å²) in [5.74, 6) is -1.04. The summed E-state index contributed by atoms with van der Waals surface area (Å²) >= 11 is 0. The zero-order valence-corrected chi connectivity index (χ0v) is 10.8. The van der Waals surface area contributed by atoms with Crippen LogP contribution in [0.25, 0.3) is 0 Å². The molecule has 0 bridgehead atoms. The first-order valence-electron chi connectivity index (χ1n) is 5.84. The Morgan fingerprint density at radius 3 is 2.35 bits per heavy atom. The largest absolute Gasteiger partial charge is 0.478 e. The highest BCUT2D eigenvalue weighted by molar-refractivity contribution is 5.93. The van der Waals surface area contributed by atoms with Gasteiger partial charge in [-0.2, -0.15) is 0 Å². The number of carboxylic acids is 1. The van der Waals surface area contributed by atoms with Gasteiger partial charge in [0.1, 0.15) is 5.82 Å². The monoisotopic (exact) mass is 271 g/mol. The predicted molar refractivity (Wildman–Crippen MR) is 74.2 cm³/mol. The lowest BCUT2D eigenvalue weighted by Gasteiger charge is -2.08. The van der Waals surface area contributed by atoms with Gasteiger partial charge in [0.25, 0.3) is 0 Å². The molecule has 1 aromatic carbocycles. The molecule has 0 unspecified atom stereocenters. The van der Waals surface area contributed by atoms with E-state index >= 15 is 0 Å². The average molecular weight is 271 g/mol. The first-order chi connectivity index (χ1) is 9.45. The molecule has 6 heteroatoms. The van der Waals surface area contributed by atoms with E-state index in [2.05, 4.69) is 10.3 Å². The van der Waals surface area contributed by atoms with E-state index in [4.69, 9.17) is 10.8 Å². The van der Waals surface area contributed by atoms with Gasteiger partial charge in [0.2, 0.25) is 5.91 Å². The van der Waals surface area contributed by atoms with Gasteiger partial charge in [0.05, 0.1) is 5.56 Å².